The first-order valence-electron chi connectivity index (χ1n) is 4.83. The Balaban J connectivity index is 2.32. The van der Waals surface area contributed by atoms with Crippen molar-refractivity contribution in [2.75, 3.05) is 5.73 Å². The van der Waals surface area contributed by atoms with Gasteiger partial charge in [-0.1, -0.05) is 39.7 Å². The number of benzene rings is 1. The predicted molar refractivity (Wildman–Crippen MR) is 61.0 cm³/mol. The van der Waals surface area contributed by atoms with E-state index in [0.29, 0.717) is 0 Å². The fourth-order valence-electron chi connectivity index (χ4n) is 1.26. The number of hydrogen-bond donors (Lipinski definition) is 1. The summed E-state index contributed by atoms with van der Waals surface area (Å²) in [7, 11) is 0. The lowest BCUT2D eigenvalue weighted by atomic mass is 10.1. The van der Waals surface area contributed by atoms with Crippen molar-refractivity contribution in [2.45, 2.75) is 13.8 Å². The Morgan fingerprint density at radius 2 is 2.00 bits per heavy atom. The van der Waals surface area contributed by atoms with Crippen molar-refractivity contribution in [1.29, 1.82) is 0 Å². The molecule has 0 saturated heterocycles. The highest BCUT2D eigenvalue weighted by atomic mass is 15.7. The van der Waals surface area contributed by atoms with Crippen molar-refractivity contribution in [3.8, 4) is 0 Å². The van der Waals surface area contributed by atoms with Gasteiger partial charge in [-0.15, -0.1) is 0 Å². The Hall–Kier alpha value is -2.24. The summed E-state index contributed by atoms with van der Waals surface area (Å²) >= 11 is 0. The van der Waals surface area contributed by atoms with Crippen LogP contribution in [-0.4, -0.2) is 26.0 Å². The largest absolute Gasteiger partial charge is 0.365 e. The minimum absolute atomic E-state index is 0.173. The van der Waals surface area contributed by atoms with E-state index in [0.717, 1.165) is 11.3 Å². The van der Waals surface area contributed by atoms with Crippen LogP contribution in [0.15, 0.2) is 29.4 Å². The molecule has 2 N–H and O–H groups in total. The van der Waals surface area contributed by atoms with Gasteiger partial charge in [-0.2, -0.15) is 5.10 Å². The third-order valence-electron chi connectivity index (χ3n) is 2.19. The minimum Gasteiger partial charge on any atom is -0.365 e. The second-order valence-corrected chi connectivity index (χ2v) is 3.48. The van der Waals surface area contributed by atoms with Gasteiger partial charge < -0.3 is 5.73 Å². The number of aromatic nitrogens is 4. The van der Waals surface area contributed by atoms with Gasteiger partial charge in [0.2, 0.25) is 0 Å². The van der Waals surface area contributed by atoms with Crippen molar-refractivity contribution in [1.82, 2.24) is 20.3 Å². The van der Waals surface area contributed by atoms with Gasteiger partial charge in [-0.05, 0) is 29.8 Å². The molecule has 0 amide bonds. The molecule has 0 aliphatic carbocycles. The van der Waals surface area contributed by atoms with Crippen molar-refractivity contribution >= 4 is 11.7 Å². The van der Waals surface area contributed by atoms with Crippen LogP contribution >= 0.6 is 0 Å². The summed E-state index contributed by atoms with van der Waals surface area (Å²) in [5.41, 5.74) is 8.54. The highest BCUT2D eigenvalue weighted by Gasteiger charge is 2.01. The number of aryl methyl sites for hydroxylation is 1. The van der Waals surface area contributed by atoms with Crippen LogP contribution in [0.5, 0.6) is 0 Å². The molecule has 0 bridgehead atoms. The first kappa shape index (κ1) is 10.3. The zero-order valence-corrected chi connectivity index (χ0v) is 9.12. The van der Waals surface area contributed by atoms with Gasteiger partial charge in [0.25, 0.3) is 5.95 Å². The van der Waals surface area contributed by atoms with Crippen LogP contribution < -0.4 is 5.73 Å². The second kappa shape index (κ2) is 4.09. The maximum Gasteiger partial charge on any atom is 0.263 e. The molecule has 1 aromatic carbocycles. The zero-order chi connectivity index (χ0) is 11.5. The Labute approximate surface area is 92.8 Å². The molecule has 0 spiro atoms. The van der Waals surface area contributed by atoms with Crippen LogP contribution in [0.2, 0.25) is 0 Å². The van der Waals surface area contributed by atoms with Crippen molar-refractivity contribution in [3.63, 3.8) is 0 Å². The summed E-state index contributed by atoms with van der Waals surface area (Å²) in [6, 6.07) is 8.04. The first-order chi connectivity index (χ1) is 7.66. The van der Waals surface area contributed by atoms with Crippen molar-refractivity contribution < 1.29 is 0 Å². The molecule has 0 aliphatic heterocycles. The molecule has 16 heavy (non-hydrogen) atoms. The molecule has 82 valence electrons. The van der Waals surface area contributed by atoms with E-state index in [1.807, 2.05) is 38.1 Å². The molecular weight excluding hydrogens is 204 g/mol. The summed E-state index contributed by atoms with van der Waals surface area (Å²) in [6.07, 6.45) is 0. The number of rotatable bonds is 2. The average molecular weight is 216 g/mol. The molecule has 0 aliphatic rings. The quantitative estimate of drug-likeness (QED) is 0.754. The SMILES string of the molecule is CC(=Nn1nnnc1N)c1ccc(C)cc1. The molecule has 2 aromatic rings. The van der Waals surface area contributed by atoms with Gasteiger partial charge in [0.05, 0.1) is 5.71 Å². The molecule has 0 unspecified atom stereocenters. The van der Waals surface area contributed by atoms with E-state index in [2.05, 4.69) is 20.6 Å². The van der Waals surface area contributed by atoms with E-state index in [9.17, 15) is 0 Å². The fourth-order valence-corrected chi connectivity index (χ4v) is 1.26. The third-order valence-corrected chi connectivity index (χ3v) is 2.19. The normalized spacial score (nSPS) is 11.8. The molecule has 1 aromatic heterocycles. The monoisotopic (exact) mass is 216 g/mol. The summed E-state index contributed by atoms with van der Waals surface area (Å²) in [5, 5.41) is 14.8. The van der Waals surface area contributed by atoms with E-state index < -0.39 is 0 Å². The Morgan fingerprint density at radius 1 is 1.31 bits per heavy atom. The lowest BCUT2D eigenvalue weighted by Crippen LogP contribution is -2.04. The average Bonchev–Trinajstić information content (AvgIpc) is 2.65. The van der Waals surface area contributed by atoms with Gasteiger partial charge >= 0.3 is 0 Å². The van der Waals surface area contributed by atoms with Gasteiger partial charge in [0, 0.05) is 0 Å². The fraction of sp³-hybridized carbons (Fsp3) is 0.200. The van der Waals surface area contributed by atoms with Crippen LogP contribution in [-0.2, 0) is 0 Å². The van der Waals surface area contributed by atoms with Crippen LogP contribution in [0.1, 0.15) is 18.1 Å². The predicted octanol–water partition coefficient (Wildman–Crippen LogP) is 0.836. The summed E-state index contributed by atoms with van der Waals surface area (Å²) in [6.45, 7) is 3.92. The van der Waals surface area contributed by atoms with Gasteiger partial charge in [-0.3, -0.25) is 0 Å². The summed E-state index contributed by atoms with van der Waals surface area (Å²) in [5.74, 6) is 0.173. The van der Waals surface area contributed by atoms with Gasteiger partial charge in [0.15, 0.2) is 0 Å². The summed E-state index contributed by atoms with van der Waals surface area (Å²) < 4.78 is 0. The Kier molecular flexibility index (Phi) is 2.63. The van der Waals surface area contributed by atoms with Gasteiger partial charge in [-0.25, -0.2) is 0 Å². The molecule has 2 rings (SSSR count). The Bertz CT molecular complexity index is 510. The maximum atomic E-state index is 5.51. The molecular formula is C10H12N6. The third kappa shape index (κ3) is 2.05. The van der Waals surface area contributed by atoms with E-state index in [1.54, 1.807) is 0 Å². The number of nitrogens with two attached hydrogens (primary N) is 1. The first-order valence-corrected chi connectivity index (χ1v) is 4.83. The summed E-state index contributed by atoms with van der Waals surface area (Å²) in [4.78, 5) is 1.20. The number of nitrogens with zero attached hydrogens (tertiary/aromatic N) is 5. The molecule has 6 heteroatoms. The van der Waals surface area contributed by atoms with E-state index >= 15 is 0 Å². The molecule has 6 nitrogen and oxygen atoms in total. The van der Waals surface area contributed by atoms with E-state index in [-0.39, 0.29) is 5.95 Å². The van der Waals surface area contributed by atoms with Gasteiger partial charge in [0.1, 0.15) is 0 Å². The number of nitrogen functional groups attached to an aromatic ring is 1. The standard InChI is InChI=1S/C10H12N6/c1-7-3-5-9(6-4-7)8(2)13-16-10(11)12-14-15-16/h3-6H,1-2H3,(H2,11,12,15). The maximum absolute atomic E-state index is 5.51. The molecule has 1 heterocycles. The lowest BCUT2D eigenvalue weighted by Gasteiger charge is -2.00. The highest BCUT2D eigenvalue weighted by Crippen LogP contribution is 2.05. The smallest absolute Gasteiger partial charge is 0.263 e. The highest BCUT2D eigenvalue weighted by molar-refractivity contribution is 5.98. The molecule has 0 radical (unpaired) electrons. The Morgan fingerprint density at radius 3 is 2.56 bits per heavy atom. The number of anilines is 1. The zero-order valence-electron chi connectivity index (χ0n) is 9.12. The van der Waals surface area contributed by atoms with Crippen LogP contribution in [0.3, 0.4) is 0 Å². The topological polar surface area (TPSA) is 82.0 Å². The molecule has 0 saturated carbocycles. The van der Waals surface area contributed by atoms with Crippen molar-refractivity contribution in [3.05, 3.63) is 35.4 Å². The number of tetrazole rings is 1. The second-order valence-electron chi connectivity index (χ2n) is 3.48. The number of hydrogen-bond acceptors (Lipinski definition) is 5. The van der Waals surface area contributed by atoms with Crippen LogP contribution in [0.25, 0.3) is 0 Å². The van der Waals surface area contributed by atoms with Crippen LogP contribution in [0.4, 0.5) is 5.95 Å². The van der Waals surface area contributed by atoms with E-state index in [4.69, 9.17) is 5.73 Å². The lowest BCUT2D eigenvalue weighted by molar-refractivity contribution is 0.696. The van der Waals surface area contributed by atoms with Crippen LogP contribution in [0, 0.1) is 6.92 Å². The van der Waals surface area contributed by atoms with Crippen molar-refractivity contribution in [2.24, 2.45) is 5.10 Å². The molecule has 0 atom stereocenters. The van der Waals surface area contributed by atoms with E-state index in [1.165, 1.54) is 10.4 Å². The minimum atomic E-state index is 0.173. The molecule has 0 fully saturated rings.